The Bertz CT molecular complexity index is 642. The van der Waals surface area contributed by atoms with Gasteiger partial charge in [-0.2, -0.15) is 0 Å². The van der Waals surface area contributed by atoms with Gasteiger partial charge in [-0.1, -0.05) is 42.0 Å². The Labute approximate surface area is 144 Å². The van der Waals surface area contributed by atoms with Crippen molar-refractivity contribution in [2.24, 2.45) is 5.92 Å². The minimum atomic E-state index is -0.191. The number of carbonyl (C=O) groups is 1. The van der Waals surface area contributed by atoms with Crippen molar-refractivity contribution in [3.05, 3.63) is 65.2 Å². The van der Waals surface area contributed by atoms with Gasteiger partial charge < -0.3 is 9.47 Å². The van der Waals surface area contributed by atoms with Gasteiger partial charge in [0.2, 0.25) is 0 Å². The van der Waals surface area contributed by atoms with Crippen LogP contribution < -0.4 is 4.74 Å². The van der Waals surface area contributed by atoms with Crippen LogP contribution in [0, 0.1) is 12.8 Å². The van der Waals surface area contributed by atoms with Crippen molar-refractivity contribution in [1.82, 2.24) is 0 Å². The normalized spacial score (nSPS) is 12.0. The Hall–Kier alpha value is -2.29. The van der Waals surface area contributed by atoms with Gasteiger partial charge in [-0.05, 0) is 56.9 Å². The second kappa shape index (κ2) is 8.53. The topological polar surface area (TPSA) is 35.5 Å². The van der Waals surface area contributed by atoms with Crippen LogP contribution in [0.5, 0.6) is 5.75 Å². The van der Waals surface area contributed by atoms with Crippen LogP contribution in [0.1, 0.15) is 30.5 Å². The maximum absolute atomic E-state index is 12.5. The van der Waals surface area contributed by atoms with Crippen molar-refractivity contribution < 1.29 is 14.3 Å². The van der Waals surface area contributed by atoms with Gasteiger partial charge in [0.05, 0.1) is 19.1 Å². The first kappa shape index (κ1) is 18.1. The highest BCUT2D eigenvalue weighted by Crippen LogP contribution is 2.20. The smallest absolute Gasteiger partial charge is 0.309 e. The van der Waals surface area contributed by atoms with E-state index in [4.69, 9.17) is 9.47 Å². The number of esters is 1. The first-order valence-electron chi connectivity index (χ1n) is 8.37. The average Bonchev–Trinajstić information content (AvgIpc) is 2.56. The lowest BCUT2D eigenvalue weighted by molar-refractivity contribution is -0.152. The zero-order valence-corrected chi connectivity index (χ0v) is 14.9. The van der Waals surface area contributed by atoms with Gasteiger partial charge >= 0.3 is 5.97 Å². The first-order valence-corrected chi connectivity index (χ1v) is 8.37. The van der Waals surface area contributed by atoms with Crippen molar-refractivity contribution in [1.29, 1.82) is 0 Å². The summed E-state index contributed by atoms with van der Waals surface area (Å²) in [6.07, 6.45) is 1.23. The van der Waals surface area contributed by atoms with Crippen LogP contribution in [0.15, 0.2) is 48.5 Å². The average molecular weight is 326 g/mol. The number of hydrogen-bond donors (Lipinski definition) is 0. The molecule has 128 valence electrons. The van der Waals surface area contributed by atoms with Gasteiger partial charge in [0, 0.05) is 0 Å². The van der Waals surface area contributed by atoms with E-state index >= 15 is 0 Å². The van der Waals surface area contributed by atoms with Gasteiger partial charge in [0.15, 0.2) is 0 Å². The molecular weight excluding hydrogens is 300 g/mol. The summed E-state index contributed by atoms with van der Waals surface area (Å²) in [4.78, 5) is 12.5. The molecule has 0 N–H and O–H groups in total. The van der Waals surface area contributed by atoms with Gasteiger partial charge in [-0.15, -0.1) is 0 Å². The van der Waals surface area contributed by atoms with E-state index in [0.29, 0.717) is 12.8 Å². The summed E-state index contributed by atoms with van der Waals surface area (Å²) < 4.78 is 10.7. The minimum Gasteiger partial charge on any atom is -0.497 e. The molecule has 3 heteroatoms. The van der Waals surface area contributed by atoms with Crippen molar-refractivity contribution in [3.63, 3.8) is 0 Å². The molecule has 0 spiro atoms. The molecule has 24 heavy (non-hydrogen) atoms. The minimum absolute atomic E-state index is 0.103. The van der Waals surface area contributed by atoms with Crippen molar-refractivity contribution in [2.45, 2.75) is 39.7 Å². The van der Waals surface area contributed by atoms with Crippen molar-refractivity contribution in [2.75, 3.05) is 7.11 Å². The van der Waals surface area contributed by atoms with Crippen LogP contribution in [-0.4, -0.2) is 19.2 Å². The number of benzene rings is 2. The summed E-state index contributed by atoms with van der Waals surface area (Å²) in [7, 11) is 1.65. The second-order valence-corrected chi connectivity index (χ2v) is 6.42. The Balaban J connectivity index is 2.14. The SMILES string of the molecule is COc1ccc(C[C@H](Cc2ccc(C)cc2)C(=O)OC(C)C)cc1. The predicted octanol–water partition coefficient (Wildman–Crippen LogP) is 4.36. The lowest BCUT2D eigenvalue weighted by Crippen LogP contribution is -2.25. The van der Waals surface area contributed by atoms with E-state index in [1.807, 2.05) is 38.1 Å². The third-order valence-electron chi connectivity index (χ3n) is 3.93. The molecule has 0 heterocycles. The van der Waals surface area contributed by atoms with Crippen molar-refractivity contribution in [3.8, 4) is 5.75 Å². The van der Waals surface area contributed by atoms with Crippen LogP contribution >= 0.6 is 0 Å². The fourth-order valence-electron chi connectivity index (χ4n) is 2.62. The molecule has 0 saturated carbocycles. The molecule has 0 aliphatic rings. The zero-order valence-electron chi connectivity index (χ0n) is 14.9. The second-order valence-electron chi connectivity index (χ2n) is 6.42. The molecule has 0 radical (unpaired) electrons. The molecule has 0 amide bonds. The summed E-state index contributed by atoms with van der Waals surface area (Å²) in [5.74, 6) is 0.489. The van der Waals surface area contributed by atoms with Gasteiger partial charge in [0.25, 0.3) is 0 Å². The summed E-state index contributed by atoms with van der Waals surface area (Å²) in [5.41, 5.74) is 3.48. The molecule has 1 atom stereocenters. The van der Waals surface area contributed by atoms with Crippen LogP contribution in [0.3, 0.4) is 0 Å². The van der Waals surface area contributed by atoms with Gasteiger partial charge in [-0.25, -0.2) is 0 Å². The van der Waals surface area contributed by atoms with E-state index in [2.05, 4.69) is 31.2 Å². The first-order chi connectivity index (χ1) is 11.5. The number of carbonyl (C=O) groups excluding carboxylic acids is 1. The highest BCUT2D eigenvalue weighted by molar-refractivity contribution is 5.73. The number of aryl methyl sites for hydroxylation is 1. The monoisotopic (exact) mass is 326 g/mol. The van der Waals surface area contributed by atoms with E-state index in [-0.39, 0.29) is 18.0 Å². The molecule has 2 aromatic rings. The standard InChI is InChI=1S/C21H26O3/c1-15(2)24-21(22)19(13-17-7-5-16(3)6-8-17)14-18-9-11-20(23-4)12-10-18/h5-12,15,19H,13-14H2,1-4H3/t19-/m0/s1. The fourth-order valence-corrected chi connectivity index (χ4v) is 2.62. The predicted molar refractivity (Wildman–Crippen MR) is 96.3 cm³/mol. The fraction of sp³-hybridized carbons (Fsp3) is 0.381. The van der Waals surface area contributed by atoms with E-state index in [9.17, 15) is 4.79 Å². The molecule has 0 aromatic heterocycles. The van der Waals surface area contributed by atoms with Crippen LogP contribution in [0.4, 0.5) is 0 Å². The quantitative estimate of drug-likeness (QED) is 0.709. The molecule has 0 fully saturated rings. The third kappa shape index (κ3) is 5.41. The van der Waals surface area contributed by atoms with Crippen LogP contribution in [-0.2, 0) is 22.4 Å². The number of hydrogen-bond acceptors (Lipinski definition) is 3. The lowest BCUT2D eigenvalue weighted by atomic mass is 9.92. The molecule has 2 aromatic carbocycles. The summed E-state index contributed by atoms with van der Waals surface area (Å²) in [5, 5.41) is 0. The van der Waals surface area contributed by atoms with E-state index in [1.54, 1.807) is 7.11 Å². The zero-order chi connectivity index (χ0) is 17.5. The number of ether oxygens (including phenoxy) is 2. The third-order valence-corrected chi connectivity index (χ3v) is 3.93. The van der Waals surface area contributed by atoms with Crippen molar-refractivity contribution >= 4 is 5.97 Å². The molecular formula is C21H26O3. The van der Waals surface area contributed by atoms with E-state index in [0.717, 1.165) is 16.9 Å². The van der Waals surface area contributed by atoms with Crippen LogP contribution in [0.2, 0.25) is 0 Å². The van der Waals surface area contributed by atoms with E-state index < -0.39 is 0 Å². The maximum Gasteiger partial charge on any atom is 0.309 e. The molecule has 0 aliphatic heterocycles. The summed E-state index contributed by atoms with van der Waals surface area (Å²) >= 11 is 0. The Morgan fingerprint density at radius 1 is 0.917 bits per heavy atom. The molecule has 0 bridgehead atoms. The van der Waals surface area contributed by atoms with E-state index in [1.165, 1.54) is 5.56 Å². The summed E-state index contributed by atoms with van der Waals surface area (Å²) in [6, 6.07) is 16.2. The maximum atomic E-state index is 12.5. The molecule has 0 saturated heterocycles. The Morgan fingerprint density at radius 2 is 1.42 bits per heavy atom. The molecule has 0 unspecified atom stereocenters. The largest absolute Gasteiger partial charge is 0.497 e. The summed E-state index contributed by atoms with van der Waals surface area (Å²) in [6.45, 7) is 5.83. The van der Waals surface area contributed by atoms with Crippen LogP contribution in [0.25, 0.3) is 0 Å². The number of methoxy groups -OCH3 is 1. The molecule has 3 nitrogen and oxygen atoms in total. The van der Waals surface area contributed by atoms with Gasteiger partial charge in [-0.3, -0.25) is 4.79 Å². The highest BCUT2D eigenvalue weighted by Gasteiger charge is 2.22. The molecule has 2 rings (SSSR count). The Morgan fingerprint density at radius 3 is 1.88 bits per heavy atom. The lowest BCUT2D eigenvalue weighted by Gasteiger charge is -2.18. The number of rotatable bonds is 7. The van der Waals surface area contributed by atoms with Gasteiger partial charge in [0.1, 0.15) is 5.75 Å². The molecule has 0 aliphatic carbocycles. The highest BCUT2D eigenvalue weighted by atomic mass is 16.5. The Kier molecular flexibility index (Phi) is 6.42.